The van der Waals surface area contributed by atoms with Crippen LogP contribution < -0.4 is 33.8 Å². The SMILES string of the molecule is CCOC(=O)C1=C(C)N=c2s/c(=C/c3ccc(OC)c(OC)c3)c(=O)n2[C@@H]1c1ccc(OC(C)=O)c(OC)c1. The monoisotopic (exact) mass is 552 g/mol. The number of hydrogen-bond donors (Lipinski definition) is 0. The van der Waals surface area contributed by atoms with Crippen LogP contribution in [0.1, 0.15) is 37.9 Å². The summed E-state index contributed by atoms with van der Waals surface area (Å²) >= 11 is 1.20. The number of carbonyl (C=O) groups excluding carboxylic acids is 2. The fraction of sp³-hybridized carbons (Fsp3) is 0.286. The van der Waals surface area contributed by atoms with Gasteiger partial charge in [0, 0.05) is 6.92 Å². The first kappa shape index (κ1) is 27.6. The summed E-state index contributed by atoms with van der Waals surface area (Å²) in [5.41, 5.74) is 1.60. The minimum absolute atomic E-state index is 0.154. The molecule has 204 valence electrons. The van der Waals surface area contributed by atoms with Gasteiger partial charge in [-0.2, -0.15) is 0 Å². The predicted octanol–water partition coefficient (Wildman–Crippen LogP) is 2.75. The van der Waals surface area contributed by atoms with Crippen LogP contribution in [0.25, 0.3) is 6.08 Å². The summed E-state index contributed by atoms with van der Waals surface area (Å²) in [6.45, 7) is 4.85. The third kappa shape index (κ3) is 5.44. The van der Waals surface area contributed by atoms with E-state index in [0.29, 0.717) is 32.1 Å². The Morgan fingerprint density at radius 2 is 1.67 bits per heavy atom. The van der Waals surface area contributed by atoms with Crippen molar-refractivity contribution in [2.45, 2.75) is 26.8 Å². The smallest absolute Gasteiger partial charge is 0.338 e. The molecule has 0 radical (unpaired) electrons. The molecule has 0 saturated heterocycles. The van der Waals surface area contributed by atoms with Gasteiger partial charge in [-0.05, 0) is 55.3 Å². The fourth-order valence-corrected chi connectivity index (χ4v) is 5.34. The number of hydrogen-bond acceptors (Lipinski definition) is 10. The molecule has 0 aliphatic carbocycles. The molecule has 2 heterocycles. The Balaban J connectivity index is 1.93. The zero-order valence-electron chi connectivity index (χ0n) is 22.4. The maximum atomic E-state index is 13.8. The van der Waals surface area contributed by atoms with Gasteiger partial charge in [0.05, 0.1) is 49.8 Å². The van der Waals surface area contributed by atoms with Crippen molar-refractivity contribution in [1.29, 1.82) is 0 Å². The van der Waals surface area contributed by atoms with Crippen molar-refractivity contribution < 1.29 is 33.3 Å². The summed E-state index contributed by atoms with van der Waals surface area (Å²) in [5, 5.41) is 0. The van der Waals surface area contributed by atoms with Crippen LogP contribution in [0.2, 0.25) is 0 Å². The van der Waals surface area contributed by atoms with Gasteiger partial charge in [0.1, 0.15) is 0 Å². The molecular formula is C28H28N2O8S. The molecule has 0 N–H and O–H groups in total. The van der Waals surface area contributed by atoms with E-state index in [4.69, 9.17) is 23.7 Å². The van der Waals surface area contributed by atoms with Crippen LogP contribution in [-0.4, -0.2) is 44.4 Å². The summed E-state index contributed by atoms with van der Waals surface area (Å²) in [5.74, 6) is 0.489. The van der Waals surface area contributed by atoms with Crippen LogP contribution in [0.4, 0.5) is 0 Å². The van der Waals surface area contributed by atoms with E-state index in [-0.39, 0.29) is 29.2 Å². The van der Waals surface area contributed by atoms with Gasteiger partial charge in [-0.1, -0.05) is 23.5 Å². The first-order chi connectivity index (χ1) is 18.7. The maximum Gasteiger partial charge on any atom is 0.338 e. The van der Waals surface area contributed by atoms with E-state index in [1.165, 1.54) is 37.0 Å². The van der Waals surface area contributed by atoms with Crippen molar-refractivity contribution in [3.05, 3.63) is 78.5 Å². The Morgan fingerprint density at radius 3 is 2.31 bits per heavy atom. The second-order valence-corrected chi connectivity index (χ2v) is 9.43. The van der Waals surface area contributed by atoms with Crippen molar-refractivity contribution in [3.8, 4) is 23.0 Å². The minimum Gasteiger partial charge on any atom is -0.493 e. The van der Waals surface area contributed by atoms with Crippen LogP contribution in [0.15, 0.2) is 57.5 Å². The lowest BCUT2D eigenvalue weighted by molar-refractivity contribution is -0.139. The minimum atomic E-state index is -0.854. The van der Waals surface area contributed by atoms with Gasteiger partial charge >= 0.3 is 11.9 Å². The Bertz CT molecular complexity index is 1650. The molecule has 0 spiro atoms. The molecule has 0 fully saturated rings. The van der Waals surface area contributed by atoms with E-state index < -0.39 is 18.0 Å². The molecule has 1 aromatic heterocycles. The van der Waals surface area contributed by atoms with Crippen LogP contribution in [0, 0.1) is 0 Å². The Morgan fingerprint density at radius 1 is 1.00 bits per heavy atom. The van der Waals surface area contributed by atoms with Crippen molar-refractivity contribution in [3.63, 3.8) is 0 Å². The molecular weight excluding hydrogens is 524 g/mol. The highest BCUT2D eigenvalue weighted by atomic mass is 32.1. The first-order valence-corrected chi connectivity index (χ1v) is 12.8. The summed E-state index contributed by atoms with van der Waals surface area (Å²) in [4.78, 5) is 43.5. The number of benzene rings is 2. The molecule has 2 aromatic carbocycles. The average molecular weight is 553 g/mol. The number of fused-ring (bicyclic) bond motifs is 1. The number of methoxy groups -OCH3 is 3. The number of aromatic nitrogens is 1. The summed E-state index contributed by atoms with van der Waals surface area (Å²) in [6, 6.07) is 9.35. The zero-order valence-corrected chi connectivity index (χ0v) is 23.2. The van der Waals surface area contributed by atoms with E-state index >= 15 is 0 Å². The highest BCUT2D eigenvalue weighted by Gasteiger charge is 2.34. The Hall–Kier alpha value is -4.38. The number of ether oxygens (including phenoxy) is 5. The van der Waals surface area contributed by atoms with Crippen molar-refractivity contribution in [2.24, 2.45) is 4.99 Å². The Labute approximate surface area is 228 Å². The molecule has 0 saturated carbocycles. The van der Waals surface area contributed by atoms with E-state index in [0.717, 1.165) is 5.56 Å². The van der Waals surface area contributed by atoms with Gasteiger partial charge in [-0.25, -0.2) is 9.79 Å². The number of rotatable bonds is 8. The van der Waals surface area contributed by atoms with Gasteiger partial charge in [-0.3, -0.25) is 14.2 Å². The van der Waals surface area contributed by atoms with Crippen LogP contribution >= 0.6 is 11.3 Å². The van der Waals surface area contributed by atoms with Crippen molar-refractivity contribution >= 4 is 29.4 Å². The van der Waals surface area contributed by atoms with Crippen molar-refractivity contribution in [2.75, 3.05) is 27.9 Å². The molecule has 39 heavy (non-hydrogen) atoms. The second-order valence-electron chi connectivity index (χ2n) is 8.42. The lowest BCUT2D eigenvalue weighted by Crippen LogP contribution is -2.40. The number of allylic oxidation sites excluding steroid dienone is 1. The standard InChI is InChI=1S/C28H28N2O8S/c1-7-37-27(33)24-15(2)29-28-30(25(24)18-9-11-20(38-16(3)31)22(14-18)36-6)26(32)23(39-28)13-17-8-10-19(34-4)21(12-17)35-5/h8-14,25H,7H2,1-6H3/b23-13+/t25-/m1/s1. The predicted molar refractivity (Wildman–Crippen MR) is 144 cm³/mol. The molecule has 4 rings (SSSR count). The number of thiazole rings is 1. The third-order valence-corrected chi connectivity index (χ3v) is 6.96. The number of esters is 2. The van der Waals surface area contributed by atoms with Gasteiger partial charge in [-0.15, -0.1) is 0 Å². The second kappa shape index (κ2) is 11.6. The zero-order chi connectivity index (χ0) is 28.3. The highest BCUT2D eigenvalue weighted by Crippen LogP contribution is 2.36. The molecule has 1 aliphatic rings. The molecule has 11 heteroatoms. The highest BCUT2D eigenvalue weighted by molar-refractivity contribution is 7.07. The van der Waals surface area contributed by atoms with E-state index in [9.17, 15) is 14.4 Å². The number of nitrogens with zero attached hydrogens (tertiary/aromatic N) is 2. The fourth-order valence-electron chi connectivity index (χ4n) is 4.29. The molecule has 1 aliphatic heterocycles. The van der Waals surface area contributed by atoms with Crippen LogP contribution in [-0.2, 0) is 14.3 Å². The lowest BCUT2D eigenvalue weighted by atomic mass is 9.95. The summed E-state index contributed by atoms with van der Waals surface area (Å²) in [7, 11) is 4.52. The summed E-state index contributed by atoms with van der Waals surface area (Å²) < 4.78 is 28.6. The van der Waals surface area contributed by atoms with Gasteiger partial charge < -0.3 is 23.7 Å². The molecule has 10 nitrogen and oxygen atoms in total. The quantitative estimate of drug-likeness (QED) is 0.310. The maximum absolute atomic E-state index is 13.8. The molecule has 3 aromatic rings. The topological polar surface area (TPSA) is 115 Å². The first-order valence-electron chi connectivity index (χ1n) is 12.0. The van der Waals surface area contributed by atoms with Gasteiger partial charge in [0.15, 0.2) is 27.8 Å². The largest absolute Gasteiger partial charge is 0.493 e. The van der Waals surface area contributed by atoms with E-state index in [1.807, 2.05) is 6.07 Å². The average Bonchev–Trinajstić information content (AvgIpc) is 3.21. The Kier molecular flexibility index (Phi) is 8.20. The van der Waals surface area contributed by atoms with Crippen LogP contribution in [0.5, 0.6) is 23.0 Å². The van der Waals surface area contributed by atoms with E-state index in [1.54, 1.807) is 57.4 Å². The van der Waals surface area contributed by atoms with Gasteiger partial charge in [0.2, 0.25) is 0 Å². The number of carbonyl (C=O) groups is 2. The van der Waals surface area contributed by atoms with Crippen LogP contribution in [0.3, 0.4) is 0 Å². The van der Waals surface area contributed by atoms with E-state index in [2.05, 4.69) is 4.99 Å². The molecule has 1 atom stereocenters. The molecule has 0 unspecified atom stereocenters. The molecule has 0 bridgehead atoms. The normalized spacial score (nSPS) is 14.8. The van der Waals surface area contributed by atoms with Gasteiger partial charge in [0.25, 0.3) is 5.56 Å². The lowest BCUT2D eigenvalue weighted by Gasteiger charge is -2.25. The summed E-state index contributed by atoms with van der Waals surface area (Å²) in [6.07, 6.45) is 1.73. The van der Waals surface area contributed by atoms with Crippen molar-refractivity contribution in [1.82, 2.24) is 4.57 Å². The molecule has 0 amide bonds. The third-order valence-electron chi connectivity index (χ3n) is 5.98.